The van der Waals surface area contributed by atoms with Crippen LogP contribution in [-0.2, 0) is 11.3 Å². The number of aromatic nitrogens is 2. The highest BCUT2D eigenvalue weighted by atomic mass is 79.9. The second-order valence-electron chi connectivity index (χ2n) is 4.78. The smallest absolute Gasteiger partial charge is 0.0884 e. The molecule has 0 spiro atoms. The predicted molar refractivity (Wildman–Crippen MR) is 82.1 cm³/mol. The molecule has 0 saturated heterocycles. The molecule has 1 atom stereocenters. The van der Waals surface area contributed by atoms with Crippen LogP contribution in [-0.4, -0.2) is 22.0 Å². The summed E-state index contributed by atoms with van der Waals surface area (Å²) in [7, 11) is 0. The number of nitrogens with two attached hydrogens (primary N) is 1. The van der Waals surface area contributed by atoms with Crippen molar-refractivity contribution in [1.82, 2.24) is 9.78 Å². The molecule has 1 rings (SSSR count). The van der Waals surface area contributed by atoms with Gasteiger partial charge in [-0.1, -0.05) is 20.8 Å². The highest BCUT2D eigenvalue weighted by molar-refractivity contribution is 9.10. The Labute approximate surface area is 124 Å². The molecule has 0 aliphatic heterocycles. The van der Waals surface area contributed by atoms with Gasteiger partial charge in [0.05, 0.1) is 28.0 Å². The van der Waals surface area contributed by atoms with Crippen molar-refractivity contribution in [3.05, 3.63) is 16.4 Å². The van der Waals surface area contributed by atoms with Crippen LogP contribution in [0.1, 0.15) is 58.7 Å². The summed E-state index contributed by atoms with van der Waals surface area (Å²) >= 11 is 3.57. The second-order valence-corrected chi connectivity index (χ2v) is 5.64. The zero-order chi connectivity index (χ0) is 14.5. The second kappa shape index (κ2) is 7.41. The maximum absolute atomic E-state index is 6.54. The monoisotopic (exact) mass is 331 g/mol. The molecule has 0 bridgehead atoms. The topological polar surface area (TPSA) is 53.1 Å². The summed E-state index contributed by atoms with van der Waals surface area (Å²) < 4.78 is 8.98. The minimum atomic E-state index is -0.317. The molecule has 0 radical (unpaired) electrons. The molecule has 0 saturated carbocycles. The molecular formula is C14H26BrN3O. The first-order valence-corrected chi connectivity index (χ1v) is 7.96. The van der Waals surface area contributed by atoms with Crippen LogP contribution in [0.25, 0.3) is 0 Å². The van der Waals surface area contributed by atoms with E-state index in [1.807, 2.05) is 17.8 Å². The van der Waals surface area contributed by atoms with Gasteiger partial charge in [-0.25, -0.2) is 0 Å². The first-order valence-electron chi connectivity index (χ1n) is 7.16. The fourth-order valence-electron chi connectivity index (χ4n) is 2.59. The van der Waals surface area contributed by atoms with Gasteiger partial charge in [-0.05, 0) is 42.1 Å². The molecule has 0 aromatic carbocycles. The molecule has 0 aliphatic rings. The highest BCUT2D eigenvalue weighted by Gasteiger charge is 2.38. The van der Waals surface area contributed by atoms with Gasteiger partial charge < -0.3 is 10.5 Å². The van der Waals surface area contributed by atoms with Gasteiger partial charge in [-0.3, -0.25) is 4.68 Å². The number of rotatable bonds is 8. The lowest BCUT2D eigenvalue weighted by molar-refractivity contribution is -0.0663. The van der Waals surface area contributed by atoms with E-state index in [1.54, 1.807) is 0 Å². The van der Waals surface area contributed by atoms with E-state index in [0.29, 0.717) is 6.61 Å². The van der Waals surface area contributed by atoms with Crippen molar-refractivity contribution in [3.8, 4) is 0 Å². The Kier molecular flexibility index (Phi) is 6.50. The molecule has 1 aromatic rings. The van der Waals surface area contributed by atoms with Gasteiger partial charge >= 0.3 is 0 Å². The third kappa shape index (κ3) is 3.38. The molecule has 110 valence electrons. The van der Waals surface area contributed by atoms with Gasteiger partial charge in [0.2, 0.25) is 0 Å². The number of hydrogen-bond acceptors (Lipinski definition) is 3. The minimum absolute atomic E-state index is 0.175. The average molecular weight is 332 g/mol. The molecule has 0 fully saturated rings. The molecule has 19 heavy (non-hydrogen) atoms. The Morgan fingerprint density at radius 2 is 2.00 bits per heavy atom. The zero-order valence-electron chi connectivity index (χ0n) is 12.4. The number of aryl methyl sites for hydroxylation is 1. The average Bonchev–Trinajstić information content (AvgIpc) is 2.77. The summed E-state index contributed by atoms with van der Waals surface area (Å²) in [6.07, 6.45) is 4.64. The Morgan fingerprint density at radius 3 is 2.47 bits per heavy atom. The van der Waals surface area contributed by atoms with Crippen molar-refractivity contribution in [2.45, 2.75) is 65.1 Å². The summed E-state index contributed by atoms with van der Waals surface area (Å²) in [5.74, 6) is 0. The van der Waals surface area contributed by atoms with E-state index in [0.717, 1.165) is 36.0 Å². The Hall–Kier alpha value is -0.390. The Bertz CT molecular complexity index is 388. The summed E-state index contributed by atoms with van der Waals surface area (Å²) in [6.45, 7) is 9.98. The van der Waals surface area contributed by atoms with E-state index in [1.165, 1.54) is 0 Å². The van der Waals surface area contributed by atoms with Crippen LogP contribution in [0.15, 0.2) is 10.7 Å². The van der Waals surface area contributed by atoms with Crippen molar-refractivity contribution in [3.63, 3.8) is 0 Å². The number of hydrogen-bond donors (Lipinski definition) is 1. The maximum atomic E-state index is 6.54. The largest absolute Gasteiger partial charge is 0.373 e. The summed E-state index contributed by atoms with van der Waals surface area (Å²) in [6, 6.07) is -0.175. The van der Waals surface area contributed by atoms with E-state index >= 15 is 0 Å². The van der Waals surface area contributed by atoms with E-state index in [-0.39, 0.29) is 11.6 Å². The predicted octanol–water partition coefficient (Wildman–Crippen LogP) is 3.65. The van der Waals surface area contributed by atoms with Crippen molar-refractivity contribution >= 4 is 15.9 Å². The fourth-order valence-corrected chi connectivity index (χ4v) is 3.13. The summed E-state index contributed by atoms with van der Waals surface area (Å²) in [4.78, 5) is 0. The molecular weight excluding hydrogens is 306 g/mol. The quantitative estimate of drug-likeness (QED) is 0.790. The Balaban J connectivity index is 3.15. The number of ether oxygens (including phenoxy) is 1. The van der Waals surface area contributed by atoms with Crippen molar-refractivity contribution < 1.29 is 4.74 Å². The molecule has 1 heterocycles. The molecule has 1 unspecified atom stereocenters. The van der Waals surface area contributed by atoms with Gasteiger partial charge in [-0.15, -0.1) is 0 Å². The standard InChI is InChI=1S/C14H26BrN3O/c1-5-9-18-12(11(15)10-17-18)13(16)14(6-2,7-3)19-8-4/h10,13H,5-9,16H2,1-4H3. The van der Waals surface area contributed by atoms with Crippen molar-refractivity contribution in [2.75, 3.05) is 6.61 Å². The highest BCUT2D eigenvalue weighted by Crippen LogP contribution is 2.36. The normalized spacial score (nSPS) is 13.8. The van der Waals surface area contributed by atoms with E-state index in [2.05, 4.69) is 41.8 Å². The Morgan fingerprint density at radius 1 is 1.37 bits per heavy atom. The molecule has 5 heteroatoms. The lowest BCUT2D eigenvalue weighted by Gasteiger charge is -2.37. The molecule has 0 aliphatic carbocycles. The van der Waals surface area contributed by atoms with Crippen LogP contribution in [0, 0.1) is 0 Å². The van der Waals surface area contributed by atoms with Crippen LogP contribution in [0.2, 0.25) is 0 Å². The minimum Gasteiger partial charge on any atom is -0.373 e. The van der Waals surface area contributed by atoms with Crippen molar-refractivity contribution in [1.29, 1.82) is 0 Å². The van der Waals surface area contributed by atoms with Gasteiger partial charge in [0.1, 0.15) is 0 Å². The van der Waals surface area contributed by atoms with Gasteiger partial charge in [-0.2, -0.15) is 5.10 Å². The lowest BCUT2D eigenvalue weighted by atomic mass is 9.86. The van der Waals surface area contributed by atoms with E-state index in [4.69, 9.17) is 10.5 Å². The van der Waals surface area contributed by atoms with Gasteiger partial charge in [0, 0.05) is 13.2 Å². The first-order chi connectivity index (χ1) is 9.06. The fraction of sp³-hybridized carbons (Fsp3) is 0.786. The number of halogens is 1. The number of nitrogens with zero attached hydrogens (tertiary/aromatic N) is 2. The van der Waals surface area contributed by atoms with Gasteiger partial charge in [0.25, 0.3) is 0 Å². The summed E-state index contributed by atoms with van der Waals surface area (Å²) in [5.41, 5.74) is 7.27. The van der Waals surface area contributed by atoms with Crippen LogP contribution < -0.4 is 5.73 Å². The third-order valence-corrected chi connectivity index (χ3v) is 4.37. The van der Waals surface area contributed by atoms with E-state index in [9.17, 15) is 0 Å². The van der Waals surface area contributed by atoms with Crippen LogP contribution in [0.4, 0.5) is 0 Å². The van der Waals surface area contributed by atoms with Gasteiger partial charge in [0.15, 0.2) is 0 Å². The third-order valence-electron chi connectivity index (χ3n) is 3.76. The lowest BCUT2D eigenvalue weighted by Crippen LogP contribution is -2.44. The maximum Gasteiger partial charge on any atom is 0.0884 e. The summed E-state index contributed by atoms with van der Waals surface area (Å²) in [5, 5.41) is 4.40. The van der Waals surface area contributed by atoms with Crippen LogP contribution >= 0.6 is 15.9 Å². The van der Waals surface area contributed by atoms with E-state index < -0.39 is 0 Å². The molecule has 1 aromatic heterocycles. The first kappa shape index (κ1) is 16.7. The van der Waals surface area contributed by atoms with Crippen molar-refractivity contribution in [2.24, 2.45) is 5.73 Å². The molecule has 0 amide bonds. The zero-order valence-corrected chi connectivity index (χ0v) is 14.0. The van der Waals surface area contributed by atoms with Crippen LogP contribution in [0.5, 0.6) is 0 Å². The SMILES string of the molecule is CCCn1ncc(Br)c1C(N)C(CC)(CC)OCC. The van der Waals surface area contributed by atoms with Crippen LogP contribution in [0.3, 0.4) is 0 Å². The molecule has 4 nitrogen and oxygen atoms in total. The molecule has 2 N–H and O–H groups in total.